The summed E-state index contributed by atoms with van der Waals surface area (Å²) in [5.74, 6) is -1.42. The molecular formula is C12H11BrFN3O2. The van der Waals surface area contributed by atoms with Crippen LogP contribution in [0.4, 0.5) is 10.1 Å². The van der Waals surface area contributed by atoms with Gasteiger partial charge in [-0.3, -0.25) is 4.68 Å². The van der Waals surface area contributed by atoms with Crippen LogP contribution >= 0.6 is 15.9 Å². The second kappa shape index (κ2) is 5.40. The first-order valence-electron chi connectivity index (χ1n) is 5.42. The highest BCUT2D eigenvalue weighted by Gasteiger charge is 2.14. The van der Waals surface area contributed by atoms with E-state index in [0.717, 1.165) is 0 Å². The molecule has 0 radical (unpaired) electrons. The number of nitrogens with one attached hydrogen (secondary N) is 1. The number of hydrogen-bond donors (Lipinski definition) is 2. The normalized spacial score (nSPS) is 10.5. The minimum absolute atomic E-state index is 0.132. The van der Waals surface area contributed by atoms with E-state index in [0.29, 0.717) is 15.9 Å². The lowest BCUT2D eigenvalue weighted by Gasteiger charge is -2.08. The smallest absolute Gasteiger partial charge is 0.339 e. The summed E-state index contributed by atoms with van der Waals surface area (Å²) in [6.45, 7) is 0.249. The summed E-state index contributed by atoms with van der Waals surface area (Å²) in [5, 5.41) is 15.9. The van der Waals surface area contributed by atoms with Crippen LogP contribution in [0.2, 0.25) is 0 Å². The zero-order valence-corrected chi connectivity index (χ0v) is 11.6. The zero-order valence-electron chi connectivity index (χ0n) is 10.0. The standard InChI is InChI=1S/C12H11BrFN3O2/c1-17-11(8(5-16-17)12(18)19)6-15-7-2-3-9(13)10(14)4-7/h2-5,15H,6H2,1H3,(H,18,19). The molecule has 0 saturated carbocycles. The molecule has 0 aliphatic rings. The zero-order chi connectivity index (χ0) is 14.0. The van der Waals surface area contributed by atoms with Crippen molar-refractivity contribution >= 4 is 27.6 Å². The molecule has 2 N–H and O–H groups in total. The maximum absolute atomic E-state index is 13.3. The average Bonchev–Trinajstić information content (AvgIpc) is 2.72. The van der Waals surface area contributed by atoms with Gasteiger partial charge in [-0.2, -0.15) is 5.10 Å². The number of nitrogens with zero attached hydrogens (tertiary/aromatic N) is 2. The molecule has 7 heteroatoms. The highest BCUT2D eigenvalue weighted by Crippen LogP contribution is 2.20. The van der Waals surface area contributed by atoms with Crippen molar-refractivity contribution in [3.8, 4) is 0 Å². The van der Waals surface area contributed by atoms with E-state index in [9.17, 15) is 9.18 Å². The Morgan fingerprint density at radius 2 is 2.32 bits per heavy atom. The fourth-order valence-corrected chi connectivity index (χ4v) is 1.89. The summed E-state index contributed by atoms with van der Waals surface area (Å²) >= 11 is 3.07. The van der Waals surface area contributed by atoms with Crippen LogP contribution in [-0.2, 0) is 13.6 Å². The number of rotatable bonds is 4. The van der Waals surface area contributed by atoms with Gasteiger partial charge in [0, 0.05) is 12.7 Å². The van der Waals surface area contributed by atoms with Gasteiger partial charge in [-0.15, -0.1) is 0 Å². The Bertz CT molecular complexity index is 627. The van der Waals surface area contributed by atoms with Crippen LogP contribution in [0.1, 0.15) is 16.1 Å². The Hall–Kier alpha value is -1.89. The predicted octanol–water partition coefficient (Wildman–Crippen LogP) is 2.63. The van der Waals surface area contributed by atoms with Gasteiger partial charge in [0.1, 0.15) is 11.4 Å². The molecule has 5 nitrogen and oxygen atoms in total. The monoisotopic (exact) mass is 327 g/mol. The first kappa shape index (κ1) is 13.5. The summed E-state index contributed by atoms with van der Waals surface area (Å²) in [6, 6.07) is 4.61. The van der Waals surface area contributed by atoms with Crippen LogP contribution in [0.5, 0.6) is 0 Å². The van der Waals surface area contributed by atoms with E-state index in [-0.39, 0.29) is 17.9 Å². The number of carboxylic acids is 1. The molecule has 19 heavy (non-hydrogen) atoms. The molecule has 0 spiro atoms. The molecule has 0 fully saturated rings. The third-order valence-electron chi connectivity index (χ3n) is 2.67. The highest BCUT2D eigenvalue weighted by atomic mass is 79.9. The number of carbonyl (C=O) groups is 1. The van der Waals surface area contributed by atoms with Gasteiger partial charge < -0.3 is 10.4 Å². The van der Waals surface area contributed by atoms with E-state index in [1.165, 1.54) is 16.9 Å². The summed E-state index contributed by atoms with van der Waals surface area (Å²) in [7, 11) is 1.66. The van der Waals surface area contributed by atoms with Gasteiger partial charge in [0.2, 0.25) is 0 Å². The molecule has 0 amide bonds. The molecule has 0 aliphatic carbocycles. The number of benzene rings is 1. The number of hydrogen-bond acceptors (Lipinski definition) is 3. The number of anilines is 1. The molecular weight excluding hydrogens is 317 g/mol. The van der Waals surface area contributed by atoms with Crippen LogP contribution in [0.25, 0.3) is 0 Å². The lowest BCUT2D eigenvalue weighted by molar-refractivity contribution is 0.0695. The van der Waals surface area contributed by atoms with Crippen LogP contribution < -0.4 is 5.32 Å². The quantitative estimate of drug-likeness (QED) is 0.905. The molecule has 1 heterocycles. The van der Waals surface area contributed by atoms with Gasteiger partial charge in [0.25, 0.3) is 0 Å². The van der Waals surface area contributed by atoms with Crippen molar-refractivity contribution in [3.05, 3.63) is 45.9 Å². The van der Waals surface area contributed by atoms with E-state index in [1.54, 1.807) is 19.2 Å². The third-order valence-corrected chi connectivity index (χ3v) is 3.31. The van der Waals surface area contributed by atoms with Crippen molar-refractivity contribution in [2.45, 2.75) is 6.54 Å². The van der Waals surface area contributed by atoms with Gasteiger partial charge >= 0.3 is 5.97 Å². The molecule has 2 aromatic rings. The number of carboxylic acid groups (broad SMARTS) is 1. The first-order valence-corrected chi connectivity index (χ1v) is 6.21. The Balaban J connectivity index is 2.16. The Morgan fingerprint density at radius 1 is 1.58 bits per heavy atom. The minimum atomic E-state index is -1.04. The summed E-state index contributed by atoms with van der Waals surface area (Å²) in [4.78, 5) is 11.0. The van der Waals surface area contributed by atoms with Gasteiger partial charge in [0.05, 0.1) is 22.9 Å². The van der Waals surface area contributed by atoms with Gasteiger partial charge in [-0.25, -0.2) is 9.18 Å². The van der Waals surface area contributed by atoms with Crippen molar-refractivity contribution in [2.75, 3.05) is 5.32 Å². The lowest BCUT2D eigenvalue weighted by atomic mass is 10.2. The van der Waals surface area contributed by atoms with Crippen LogP contribution in [0.15, 0.2) is 28.9 Å². The number of aromatic carboxylic acids is 1. The maximum Gasteiger partial charge on any atom is 0.339 e. The van der Waals surface area contributed by atoms with Crippen molar-refractivity contribution < 1.29 is 14.3 Å². The lowest BCUT2D eigenvalue weighted by Crippen LogP contribution is -2.10. The Kier molecular flexibility index (Phi) is 3.84. The van der Waals surface area contributed by atoms with E-state index in [1.807, 2.05) is 0 Å². The molecule has 100 valence electrons. The molecule has 1 aromatic carbocycles. The predicted molar refractivity (Wildman–Crippen MR) is 71.6 cm³/mol. The molecule has 0 atom stereocenters. The largest absolute Gasteiger partial charge is 0.478 e. The molecule has 0 bridgehead atoms. The van der Waals surface area contributed by atoms with Crippen LogP contribution in [0, 0.1) is 5.82 Å². The molecule has 0 saturated heterocycles. The summed E-state index contributed by atoms with van der Waals surface area (Å²) in [6.07, 6.45) is 1.29. The molecule has 1 aromatic heterocycles. The fourth-order valence-electron chi connectivity index (χ4n) is 1.64. The summed E-state index contributed by atoms with van der Waals surface area (Å²) in [5.41, 5.74) is 1.22. The van der Waals surface area contributed by atoms with E-state index in [4.69, 9.17) is 5.11 Å². The van der Waals surface area contributed by atoms with Crippen molar-refractivity contribution in [1.82, 2.24) is 9.78 Å². The Labute approximate surface area is 117 Å². The SMILES string of the molecule is Cn1ncc(C(=O)O)c1CNc1ccc(Br)c(F)c1. The van der Waals surface area contributed by atoms with E-state index < -0.39 is 5.97 Å². The first-order chi connectivity index (χ1) is 8.99. The van der Waals surface area contributed by atoms with E-state index >= 15 is 0 Å². The van der Waals surface area contributed by atoms with E-state index in [2.05, 4.69) is 26.3 Å². The van der Waals surface area contributed by atoms with Crippen molar-refractivity contribution in [3.63, 3.8) is 0 Å². The second-order valence-corrected chi connectivity index (χ2v) is 4.77. The summed E-state index contributed by atoms with van der Waals surface area (Å²) < 4.78 is 15.2. The minimum Gasteiger partial charge on any atom is -0.478 e. The van der Waals surface area contributed by atoms with Gasteiger partial charge in [0.15, 0.2) is 0 Å². The van der Waals surface area contributed by atoms with Gasteiger partial charge in [-0.05, 0) is 34.1 Å². The molecule has 0 aliphatic heterocycles. The molecule has 0 unspecified atom stereocenters. The van der Waals surface area contributed by atoms with Gasteiger partial charge in [-0.1, -0.05) is 0 Å². The highest BCUT2D eigenvalue weighted by molar-refractivity contribution is 9.10. The maximum atomic E-state index is 13.3. The average molecular weight is 328 g/mol. The fraction of sp³-hybridized carbons (Fsp3) is 0.167. The third kappa shape index (κ3) is 2.93. The Morgan fingerprint density at radius 3 is 2.95 bits per heavy atom. The molecule has 2 rings (SSSR count). The number of aryl methyl sites for hydroxylation is 1. The van der Waals surface area contributed by atoms with Crippen molar-refractivity contribution in [1.29, 1.82) is 0 Å². The second-order valence-electron chi connectivity index (χ2n) is 3.92. The van der Waals surface area contributed by atoms with Crippen molar-refractivity contribution in [2.24, 2.45) is 7.05 Å². The number of aromatic nitrogens is 2. The van der Waals surface area contributed by atoms with Crippen LogP contribution in [0.3, 0.4) is 0 Å². The topological polar surface area (TPSA) is 67.2 Å². The van der Waals surface area contributed by atoms with Crippen LogP contribution in [-0.4, -0.2) is 20.9 Å². The number of halogens is 2.